The third-order valence-electron chi connectivity index (χ3n) is 5.79. The molecule has 2 N–H and O–H groups in total. The summed E-state index contributed by atoms with van der Waals surface area (Å²) in [5, 5.41) is 3.16. The normalized spacial score (nSPS) is 33.5. The van der Waals surface area contributed by atoms with Crippen molar-refractivity contribution in [3.63, 3.8) is 0 Å². The van der Waals surface area contributed by atoms with Crippen molar-refractivity contribution >= 4 is 15.9 Å². The highest BCUT2D eigenvalue weighted by atomic mass is 32.2. The van der Waals surface area contributed by atoms with Crippen LogP contribution >= 0.6 is 0 Å². The molecule has 2 saturated carbocycles. The maximum atomic E-state index is 12.8. The monoisotopic (exact) mass is 344 g/mol. The summed E-state index contributed by atoms with van der Waals surface area (Å²) in [6.07, 6.45) is 5.74. The van der Waals surface area contributed by atoms with Gasteiger partial charge in [0.1, 0.15) is 6.04 Å². The van der Waals surface area contributed by atoms with Gasteiger partial charge in [-0.05, 0) is 24.7 Å². The van der Waals surface area contributed by atoms with E-state index in [-0.39, 0.29) is 23.5 Å². The Hall–Kier alpha value is -0.660. The van der Waals surface area contributed by atoms with Gasteiger partial charge < -0.3 is 10.1 Å². The van der Waals surface area contributed by atoms with Crippen LogP contribution in [0.25, 0.3) is 0 Å². The fraction of sp³-hybridized carbons (Fsp3) is 0.938. The number of carbonyl (C=O) groups excluding carboxylic acids is 1. The van der Waals surface area contributed by atoms with Crippen LogP contribution in [0.5, 0.6) is 0 Å². The number of ether oxygens (including phenoxy) is 1. The van der Waals surface area contributed by atoms with Crippen molar-refractivity contribution in [2.45, 2.75) is 64.6 Å². The van der Waals surface area contributed by atoms with Gasteiger partial charge in [0, 0.05) is 24.0 Å². The average molecular weight is 344 g/mol. The average Bonchev–Trinajstić information content (AvgIpc) is 2.74. The number of sulfonamides is 1. The van der Waals surface area contributed by atoms with Gasteiger partial charge >= 0.3 is 0 Å². The third kappa shape index (κ3) is 2.91. The first-order valence-electron chi connectivity index (χ1n) is 8.44. The number of hydrogen-bond donors (Lipinski definition) is 2. The van der Waals surface area contributed by atoms with Crippen LogP contribution < -0.4 is 10.0 Å². The van der Waals surface area contributed by atoms with E-state index in [1.54, 1.807) is 0 Å². The second-order valence-corrected chi connectivity index (χ2v) is 10.3. The summed E-state index contributed by atoms with van der Waals surface area (Å²) in [6.45, 7) is 6.39. The summed E-state index contributed by atoms with van der Waals surface area (Å²) >= 11 is 0. The Bertz CT molecular complexity index is 592. The molecule has 1 amide bonds. The molecular formula is C16H28N2O4S. The van der Waals surface area contributed by atoms with E-state index in [2.05, 4.69) is 10.0 Å². The quantitative estimate of drug-likeness (QED) is 0.798. The number of rotatable bonds is 4. The Balaban J connectivity index is 1.74. The van der Waals surface area contributed by atoms with E-state index < -0.39 is 21.5 Å². The Morgan fingerprint density at radius 2 is 1.96 bits per heavy atom. The molecule has 3 rings (SSSR count). The van der Waals surface area contributed by atoms with Crippen LogP contribution in [-0.2, 0) is 19.6 Å². The number of amides is 1. The Labute approximate surface area is 138 Å². The van der Waals surface area contributed by atoms with E-state index in [0.717, 1.165) is 32.1 Å². The molecule has 132 valence electrons. The van der Waals surface area contributed by atoms with Crippen molar-refractivity contribution in [3.8, 4) is 0 Å². The van der Waals surface area contributed by atoms with E-state index in [1.807, 2.05) is 20.8 Å². The van der Waals surface area contributed by atoms with Crippen LogP contribution in [-0.4, -0.2) is 45.4 Å². The summed E-state index contributed by atoms with van der Waals surface area (Å²) in [6, 6.07) is -0.640. The van der Waals surface area contributed by atoms with Crippen LogP contribution in [0.4, 0.5) is 0 Å². The Morgan fingerprint density at radius 1 is 1.30 bits per heavy atom. The van der Waals surface area contributed by atoms with Crippen molar-refractivity contribution < 1.29 is 17.9 Å². The van der Waals surface area contributed by atoms with Gasteiger partial charge in [-0.15, -0.1) is 0 Å². The molecule has 1 spiro atoms. The molecule has 0 radical (unpaired) electrons. The number of fused-ring (bicyclic) bond motifs is 2. The second-order valence-electron chi connectivity index (χ2n) is 8.51. The predicted molar refractivity (Wildman–Crippen MR) is 87.3 cm³/mol. The molecule has 0 unspecified atom stereocenters. The standard InChI is InChI=1S/C16H28N2O4S/c1-15(2,3)12(18-23(4,20)21)14(19)17-11-10-6-9-22-13(10)16(11)7-5-8-16/h10-13,18H,5-9H2,1-4H3,(H,17,19)/t10-,11-,12-,13+/m1/s1. The second kappa shape index (κ2) is 5.43. The summed E-state index contributed by atoms with van der Waals surface area (Å²) in [5.74, 6) is 0.169. The minimum Gasteiger partial charge on any atom is -0.377 e. The van der Waals surface area contributed by atoms with Crippen LogP contribution in [0.15, 0.2) is 0 Å². The van der Waals surface area contributed by atoms with Gasteiger partial charge in [-0.2, -0.15) is 0 Å². The lowest BCUT2D eigenvalue weighted by Gasteiger charge is -2.63. The van der Waals surface area contributed by atoms with E-state index in [0.29, 0.717) is 5.92 Å². The highest BCUT2D eigenvalue weighted by Crippen LogP contribution is 2.62. The lowest BCUT2D eigenvalue weighted by atomic mass is 9.46. The fourth-order valence-corrected chi connectivity index (χ4v) is 5.42. The van der Waals surface area contributed by atoms with Crippen molar-refractivity contribution in [2.75, 3.05) is 12.9 Å². The largest absolute Gasteiger partial charge is 0.377 e. The minimum absolute atomic E-state index is 0.102. The molecule has 23 heavy (non-hydrogen) atoms. The number of nitrogens with one attached hydrogen (secondary N) is 2. The first-order chi connectivity index (χ1) is 10.5. The SMILES string of the molecule is CC(C)(C)[C@H](NS(C)(=O)=O)C(=O)N[C@@H]1[C@H]2CCO[C@@H]2C12CCC2. The van der Waals surface area contributed by atoms with Crippen molar-refractivity contribution in [1.29, 1.82) is 0 Å². The smallest absolute Gasteiger partial charge is 0.238 e. The van der Waals surface area contributed by atoms with Crippen LogP contribution in [0.2, 0.25) is 0 Å². The van der Waals surface area contributed by atoms with Gasteiger partial charge in [0.05, 0.1) is 12.4 Å². The van der Waals surface area contributed by atoms with Gasteiger partial charge in [-0.3, -0.25) is 4.79 Å². The molecule has 7 heteroatoms. The van der Waals surface area contributed by atoms with Crippen molar-refractivity contribution in [1.82, 2.24) is 10.0 Å². The minimum atomic E-state index is -3.45. The Morgan fingerprint density at radius 3 is 2.43 bits per heavy atom. The molecule has 2 aliphatic carbocycles. The maximum Gasteiger partial charge on any atom is 0.238 e. The van der Waals surface area contributed by atoms with E-state index in [4.69, 9.17) is 4.74 Å². The molecule has 6 nitrogen and oxygen atoms in total. The molecule has 4 atom stereocenters. The molecule has 0 bridgehead atoms. The first-order valence-corrected chi connectivity index (χ1v) is 10.3. The van der Waals surface area contributed by atoms with Gasteiger partial charge in [0.25, 0.3) is 0 Å². The summed E-state index contributed by atoms with van der Waals surface area (Å²) in [7, 11) is -3.45. The summed E-state index contributed by atoms with van der Waals surface area (Å²) < 4.78 is 31.6. The fourth-order valence-electron chi connectivity index (χ4n) is 4.53. The highest BCUT2D eigenvalue weighted by molar-refractivity contribution is 7.88. The maximum absolute atomic E-state index is 12.8. The molecule has 1 heterocycles. The van der Waals surface area contributed by atoms with Gasteiger partial charge in [-0.25, -0.2) is 13.1 Å². The molecule has 0 aromatic rings. The van der Waals surface area contributed by atoms with E-state index in [9.17, 15) is 13.2 Å². The van der Waals surface area contributed by atoms with Crippen LogP contribution in [0, 0.1) is 16.7 Å². The van der Waals surface area contributed by atoms with Gasteiger partial charge in [0.2, 0.25) is 15.9 Å². The number of carbonyl (C=O) groups is 1. The molecule has 1 aliphatic heterocycles. The zero-order valence-corrected chi connectivity index (χ0v) is 15.2. The van der Waals surface area contributed by atoms with Crippen molar-refractivity contribution in [2.24, 2.45) is 16.7 Å². The predicted octanol–water partition coefficient (Wildman–Crippen LogP) is 1.02. The molecule has 0 aromatic carbocycles. The molecule has 1 saturated heterocycles. The zero-order chi connectivity index (χ0) is 17.0. The summed E-state index contributed by atoms with van der Waals surface area (Å²) in [5.41, 5.74) is -0.389. The molecular weight excluding hydrogens is 316 g/mol. The molecule has 3 fully saturated rings. The highest BCUT2D eigenvalue weighted by Gasteiger charge is 2.67. The third-order valence-corrected chi connectivity index (χ3v) is 6.46. The molecule has 0 aromatic heterocycles. The lowest BCUT2D eigenvalue weighted by Crippen LogP contribution is -2.73. The number of hydrogen-bond acceptors (Lipinski definition) is 4. The topological polar surface area (TPSA) is 84.5 Å². The lowest BCUT2D eigenvalue weighted by molar-refractivity contribution is -0.180. The van der Waals surface area contributed by atoms with E-state index in [1.165, 1.54) is 6.42 Å². The van der Waals surface area contributed by atoms with Crippen LogP contribution in [0.3, 0.4) is 0 Å². The first kappa shape index (κ1) is 17.2. The van der Waals surface area contributed by atoms with Crippen molar-refractivity contribution in [3.05, 3.63) is 0 Å². The summed E-state index contributed by atoms with van der Waals surface area (Å²) in [4.78, 5) is 12.8. The van der Waals surface area contributed by atoms with Crippen LogP contribution in [0.1, 0.15) is 46.5 Å². The van der Waals surface area contributed by atoms with Gasteiger partial charge in [0.15, 0.2) is 0 Å². The Kier molecular flexibility index (Phi) is 4.05. The van der Waals surface area contributed by atoms with E-state index >= 15 is 0 Å². The molecule has 3 aliphatic rings. The van der Waals surface area contributed by atoms with Gasteiger partial charge in [-0.1, -0.05) is 27.2 Å². The zero-order valence-electron chi connectivity index (χ0n) is 14.4.